The molecule has 0 saturated carbocycles. The van der Waals surface area contributed by atoms with Crippen LogP contribution in [0.4, 0.5) is 5.95 Å². The quantitative estimate of drug-likeness (QED) is 0.366. The zero-order valence-electron chi connectivity index (χ0n) is 20.7. The zero-order chi connectivity index (χ0) is 25.4. The fraction of sp³-hybridized carbons (Fsp3) is 0.214. The van der Waals surface area contributed by atoms with Crippen LogP contribution in [0.2, 0.25) is 0 Å². The second-order valence-electron chi connectivity index (χ2n) is 8.83. The van der Waals surface area contributed by atoms with Crippen LogP contribution in [-0.2, 0) is 0 Å². The number of amides is 1. The fourth-order valence-electron chi connectivity index (χ4n) is 4.81. The summed E-state index contributed by atoms with van der Waals surface area (Å²) in [6.45, 7) is 2.38. The van der Waals surface area contributed by atoms with Crippen molar-refractivity contribution in [2.45, 2.75) is 0 Å². The Hall–Kier alpha value is -4.66. The van der Waals surface area contributed by atoms with Gasteiger partial charge >= 0.3 is 0 Å². The molecule has 186 valence electrons. The number of benzene rings is 3. The second-order valence-corrected chi connectivity index (χ2v) is 8.83. The van der Waals surface area contributed by atoms with E-state index in [4.69, 9.17) is 14.5 Å². The van der Waals surface area contributed by atoms with E-state index in [0.717, 1.165) is 33.9 Å². The molecule has 3 heterocycles. The number of anilines is 1. The first-order valence-corrected chi connectivity index (χ1v) is 12.1. The van der Waals surface area contributed by atoms with Crippen molar-refractivity contribution in [3.8, 4) is 22.9 Å². The minimum atomic E-state index is -0.0357. The molecule has 2 aromatic heterocycles. The Labute approximate surface area is 213 Å². The summed E-state index contributed by atoms with van der Waals surface area (Å²) in [5.41, 5.74) is 3.17. The maximum atomic E-state index is 13.3. The van der Waals surface area contributed by atoms with E-state index in [1.54, 1.807) is 32.4 Å². The molecule has 0 bridgehead atoms. The van der Waals surface area contributed by atoms with Gasteiger partial charge in [0.2, 0.25) is 5.95 Å². The van der Waals surface area contributed by atoms with Gasteiger partial charge in [-0.25, -0.2) is 9.38 Å². The van der Waals surface area contributed by atoms with E-state index in [1.165, 1.54) is 0 Å². The number of nitrogens with zero attached hydrogens (tertiary/aromatic N) is 6. The number of methoxy groups -OCH3 is 2. The van der Waals surface area contributed by atoms with Crippen molar-refractivity contribution >= 4 is 28.4 Å². The first kappa shape index (κ1) is 22.8. The standard InChI is InChI=1S/C28H26N6O3/c1-36-23-13-12-20(18-24(23)37-2)27(35)32-14-16-33(17-15-32)28-29-22-11-7-6-10-21(22)26-31-30-25(34(26)28)19-8-4-3-5-9-19/h3-13,18H,14-17H2,1-2H3. The van der Waals surface area contributed by atoms with Crippen molar-refractivity contribution in [2.24, 2.45) is 0 Å². The van der Waals surface area contributed by atoms with E-state index in [0.29, 0.717) is 43.2 Å². The van der Waals surface area contributed by atoms with Crippen LogP contribution in [0, 0.1) is 0 Å². The summed E-state index contributed by atoms with van der Waals surface area (Å²) in [6.07, 6.45) is 0. The van der Waals surface area contributed by atoms with Crippen LogP contribution in [0.5, 0.6) is 11.5 Å². The lowest BCUT2D eigenvalue weighted by atomic mass is 10.1. The van der Waals surface area contributed by atoms with Crippen LogP contribution >= 0.6 is 0 Å². The molecule has 1 saturated heterocycles. The number of piperazine rings is 1. The molecule has 9 heteroatoms. The van der Waals surface area contributed by atoms with Crippen molar-refractivity contribution in [1.29, 1.82) is 0 Å². The van der Waals surface area contributed by atoms with Gasteiger partial charge in [-0.2, -0.15) is 0 Å². The number of ether oxygens (including phenoxy) is 2. The highest BCUT2D eigenvalue weighted by atomic mass is 16.5. The Morgan fingerprint density at radius 1 is 0.811 bits per heavy atom. The van der Waals surface area contributed by atoms with Gasteiger partial charge in [0.05, 0.1) is 19.7 Å². The average Bonchev–Trinajstić information content (AvgIpc) is 3.42. The van der Waals surface area contributed by atoms with Gasteiger partial charge in [0, 0.05) is 42.7 Å². The Bertz CT molecular complexity index is 1590. The van der Waals surface area contributed by atoms with Crippen LogP contribution in [0.25, 0.3) is 27.9 Å². The van der Waals surface area contributed by atoms with Crippen molar-refractivity contribution in [2.75, 3.05) is 45.3 Å². The molecular weight excluding hydrogens is 468 g/mol. The molecule has 0 unspecified atom stereocenters. The molecule has 3 aromatic carbocycles. The van der Waals surface area contributed by atoms with E-state index in [9.17, 15) is 4.79 Å². The van der Waals surface area contributed by atoms with Crippen LogP contribution < -0.4 is 14.4 Å². The second kappa shape index (κ2) is 9.42. The Morgan fingerprint density at radius 3 is 2.30 bits per heavy atom. The van der Waals surface area contributed by atoms with Gasteiger partial charge in [-0.05, 0) is 30.3 Å². The van der Waals surface area contributed by atoms with E-state index in [2.05, 4.69) is 15.1 Å². The minimum absolute atomic E-state index is 0.0357. The summed E-state index contributed by atoms with van der Waals surface area (Å²) in [4.78, 5) is 22.4. The Morgan fingerprint density at radius 2 is 1.54 bits per heavy atom. The third kappa shape index (κ3) is 3.98. The monoisotopic (exact) mass is 494 g/mol. The number of carbonyl (C=O) groups excluding carboxylic acids is 1. The smallest absolute Gasteiger partial charge is 0.254 e. The molecule has 1 aliphatic heterocycles. The number of fused-ring (bicyclic) bond motifs is 3. The molecule has 0 spiro atoms. The summed E-state index contributed by atoms with van der Waals surface area (Å²) in [7, 11) is 3.15. The molecule has 1 amide bonds. The van der Waals surface area contributed by atoms with Gasteiger partial charge < -0.3 is 19.3 Å². The lowest BCUT2D eigenvalue weighted by Crippen LogP contribution is -2.49. The largest absolute Gasteiger partial charge is 0.493 e. The first-order valence-electron chi connectivity index (χ1n) is 12.1. The van der Waals surface area contributed by atoms with Crippen LogP contribution in [-0.4, -0.2) is 70.8 Å². The van der Waals surface area contributed by atoms with Crippen molar-refractivity contribution in [3.05, 3.63) is 78.4 Å². The molecule has 0 aliphatic carbocycles. The van der Waals surface area contributed by atoms with Crippen molar-refractivity contribution in [1.82, 2.24) is 24.5 Å². The number of carbonyl (C=O) groups is 1. The van der Waals surface area contributed by atoms with Gasteiger partial charge in [-0.3, -0.25) is 4.79 Å². The minimum Gasteiger partial charge on any atom is -0.493 e. The summed E-state index contributed by atoms with van der Waals surface area (Å²) < 4.78 is 12.7. The first-order chi connectivity index (χ1) is 18.2. The molecule has 0 radical (unpaired) electrons. The van der Waals surface area contributed by atoms with Gasteiger partial charge in [0.25, 0.3) is 5.91 Å². The zero-order valence-corrected chi connectivity index (χ0v) is 20.7. The van der Waals surface area contributed by atoms with Crippen LogP contribution in [0.3, 0.4) is 0 Å². The molecule has 0 N–H and O–H groups in total. The maximum absolute atomic E-state index is 13.3. The summed E-state index contributed by atoms with van der Waals surface area (Å²) in [5.74, 6) is 2.61. The van der Waals surface area contributed by atoms with E-state index in [-0.39, 0.29) is 5.91 Å². The van der Waals surface area contributed by atoms with Crippen molar-refractivity contribution < 1.29 is 14.3 Å². The molecule has 0 atom stereocenters. The van der Waals surface area contributed by atoms with E-state index >= 15 is 0 Å². The highest BCUT2D eigenvalue weighted by molar-refractivity contribution is 5.95. The maximum Gasteiger partial charge on any atom is 0.254 e. The van der Waals surface area contributed by atoms with E-state index in [1.807, 2.05) is 63.9 Å². The third-order valence-electron chi connectivity index (χ3n) is 6.74. The van der Waals surface area contributed by atoms with Gasteiger partial charge in [-0.15, -0.1) is 10.2 Å². The summed E-state index contributed by atoms with van der Waals surface area (Å²) in [5, 5.41) is 10.0. The highest BCUT2D eigenvalue weighted by Gasteiger charge is 2.27. The van der Waals surface area contributed by atoms with Crippen LogP contribution in [0.1, 0.15) is 10.4 Å². The van der Waals surface area contributed by atoms with Crippen LogP contribution in [0.15, 0.2) is 72.8 Å². The Kier molecular flexibility index (Phi) is 5.80. The van der Waals surface area contributed by atoms with E-state index < -0.39 is 0 Å². The molecular formula is C28H26N6O3. The normalized spacial score (nSPS) is 13.8. The molecule has 1 fully saturated rings. The lowest BCUT2D eigenvalue weighted by molar-refractivity contribution is 0.0745. The molecule has 6 rings (SSSR count). The average molecular weight is 495 g/mol. The molecule has 9 nitrogen and oxygen atoms in total. The fourth-order valence-corrected chi connectivity index (χ4v) is 4.81. The summed E-state index contributed by atoms with van der Waals surface area (Å²) >= 11 is 0. The molecule has 37 heavy (non-hydrogen) atoms. The topological polar surface area (TPSA) is 85.1 Å². The molecule has 5 aromatic rings. The Balaban J connectivity index is 1.33. The third-order valence-corrected chi connectivity index (χ3v) is 6.74. The van der Waals surface area contributed by atoms with Gasteiger partial charge in [-0.1, -0.05) is 42.5 Å². The highest BCUT2D eigenvalue weighted by Crippen LogP contribution is 2.30. The van der Waals surface area contributed by atoms with Gasteiger partial charge in [0.1, 0.15) is 0 Å². The lowest BCUT2D eigenvalue weighted by Gasteiger charge is -2.35. The predicted octanol–water partition coefficient (Wildman–Crippen LogP) is 3.92. The SMILES string of the molecule is COc1ccc(C(=O)N2CCN(c3nc4ccccc4c4nnc(-c5ccccc5)n34)CC2)cc1OC. The van der Waals surface area contributed by atoms with Crippen molar-refractivity contribution in [3.63, 3.8) is 0 Å². The number of para-hydroxylation sites is 1. The van der Waals surface area contributed by atoms with Gasteiger partial charge in [0.15, 0.2) is 23.0 Å². The summed E-state index contributed by atoms with van der Waals surface area (Å²) in [6, 6.07) is 23.2. The molecule has 1 aliphatic rings. The number of hydrogen-bond donors (Lipinski definition) is 0. The number of aromatic nitrogens is 4. The predicted molar refractivity (Wildman–Crippen MR) is 141 cm³/mol. The number of hydrogen-bond acceptors (Lipinski definition) is 7. The number of rotatable bonds is 5.